The van der Waals surface area contributed by atoms with Crippen LogP contribution < -0.4 is 10.1 Å². The van der Waals surface area contributed by atoms with E-state index in [4.69, 9.17) is 9.47 Å². The number of hydrogen-bond acceptors (Lipinski definition) is 4. The first-order valence-electron chi connectivity index (χ1n) is 5.71. The molecule has 4 heteroatoms. The van der Waals surface area contributed by atoms with E-state index in [9.17, 15) is 0 Å². The summed E-state index contributed by atoms with van der Waals surface area (Å²) in [7, 11) is 1.66. The zero-order valence-electron chi connectivity index (χ0n) is 9.61. The third-order valence-electron chi connectivity index (χ3n) is 2.80. The molecule has 2 heterocycles. The summed E-state index contributed by atoms with van der Waals surface area (Å²) < 4.78 is 10.7. The molecule has 16 heavy (non-hydrogen) atoms. The van der Waals surface area contributed by atoms with Crippen LogP contribution in [0.4, 0.5) is 5.82 Å². The molecule has 1 aromatic heterocycles. The van der Waals surface area contributed by atoms with E-state index in [2.05, 4.69) is 10.3 Å². The van der Waals surface area contributed by atoms with Crippen molar-refractivity contribution in [2.75, 3.05) is 32.2 Å². The summed E-state index contributed by atoms with van der Waals surface area (Å²) in [6.07, 6.45) is 4.15. The number of rotatable bonds is 4. The Balaban J connectivity index is 1.88. The van der Waals surface area contributed by atoms with Crippen molar-refractivity contribution in [3.63, 3.8) is 0 Å². The fourth-order valence-corrected chi connectivity index (χ4v) is 1.90. The predicted octanol–water partition coefficient (Wildman–Crippen LogP) is 1.93. The molecule has 1 atom stereocenters. The molecule has 0 aliphatic carbocycles. The van der Waals surface area contributed by atoms with Crippen LogP contribution in [0, 0.1) is 5.92 Å². The van der Waals surface area contributed by atoms with Gasteiger partial charge in [0.25, 0.3) is 0 Å². The summed E-state index contributed by atoms with van der Waals surface area (Å²) >= 11 is 0. The molecule has 0 spiro atoms. The van der Waals surface area contributed by atoms with Gasteiger partial charge in [-0.15, -0.1) is 0 Å². The van der Waals surface area contributed by atoms with Crippen LogP contribution in [0.2, 0.25) is 0 Å². The average molecular weight is 222 g/mol. The van der Waals surface area contributed by atoms with Crippen molar-refractivity contribution in [2.24, 2.45) is 5.92 Å². The lowest BCUT2D eigenvalue weighted by Crippen LogP contribution is -2.24. The summed E-state index contributed by atoms with van der Waals surface area (Å²) in [6, 6.07) is 3.78. The van der Waals surface area contributed by atoms with E-state index in [1.807, 2.05) is 12.1 Å². The van der Waals surface area contributed by atoms with Gasteiger partial charge in [0, 0.05) is 19.3 Å². The first-order valence-corrected chi connectivity index (χ1v) is 5.71. The minimum Gasteiger partial charge on any atom is -0.493 e. The molecule has 0 aromatic carbocycles. The molecular weight excluding hydrogens is 204 g/mol. The minimum atomic E-state index is 0.584. The van der Waals surface area contributed by atoms with Gasteiger partial charge < -0.3 is 14.8 Å². The molecule has 1 unspecified atom stereocenters. The minimum absolute atomic E-state index is 0.584. The second kappa shape index (κ2) is 5.70. The lowest BCUT2D eigenvalue weighted by atomic mass is 10.0. The summed E-state index contributed by atoms with van der Waals surface area (Å²) in [5.74, 6) is 2.19. The van der Waals surface area contributed by atoms with Crippen molar-refractivity contribution in [1.82, 2.24) is 4.98 Å². The van der Waals surface area contributed by atoms with Crippen molar-refractivity contribution >= 4 is 5.82 Å². The number of nitrogens with one attached hydrogen (secondary N) is 1. The summed E-state index contributed by atoms with van der Waals surface area (Å²) in [5.41, 5.74) is 0. The normalized spacial score (nSPS) is 20.4. The number of aromatic nitrogens is 1. The molecule has 1 aromatic rings. The van der Waals surface area contributed by atoms with Crippen LogP contribution in [0.5, 0.6) is 5.75 Å². The number of hydrogen-bond donors (Lipinski definition) is 1. The van der Waals surface area contributed by atoms with E-state index < -0.39 is 0 Å². The highest BCUT2D eigenvalue weighted by atomic mass is 16.5. The van der Waals surface area contributed by atoms with E-state index in [0.717, 1.165) is 37.7 Å². The summed E-state index contributed by atoms with van der Waals surface area (Å²) in [4.78, 5) is 4.26. The number of nitrogens with zero attached hydrogens (tertiary/aromatic N) is 1. The monoisotopic (exact) mass is 222 g/mol. The molecular formula is C12H18N2O2. The highest BCUT2D eigenvalue weighted by Crippen LogP contribution is 2.21. The predicted molar refractivity (Wildman–Crippen MR) is 62.8 cm³/mol. The van der Waals surface area contributed by atoms with E-state index in [1.165, 1.54) is 6.42 Å². The lowest BCUT2D eigenvalue weighted by molar-refractivity contribution is 0.0594. The maximum atomic E-state index is 5.44. The Bertz CT molecular complexity index is 325. The van der Waals surface area contributed by atoms with Crippen LogP contribution in [-0.4, -0.2) is 31.9 Å². The Morgan fingerprint density at radius 2 is 2.56 bits per heavy atom. The van der Waals surface area contributed by atoms with Crippen LogP contribution in [0.25, 0.3) is 0 Å². The fourth-order valence-electron chi connectivity index (χ4n) is 1.90. The van der Waals surface area contributed by atoms with Crippen molar-refractivity contribution in [3.05, 3.63) is 18.3 Å². The highest BCUT2D eigenvalue weighted by Gasteiger charge is 2.14. The van der Waals surface area contributed by atoms with Gasteiger partial charge in [-0.2, -0.15) is 0 Å². The van der Waals surface area contributed by atoms with Crippen molar-refractivity contribution in [2.45, 2.75) is 12.8 Å². The zero-order valence-corrected chi connectivity index (χ0v) is 9.61. The maximum Gasteiger partial charge on any atom is 0.168 e. The Labute approximate surface area is 96.0 Å². The molecule has 0 bridgehead atoms. The Kier molecular flexibility index (Phi) is 3.99. The SMILES string of the molecule is COc1cccnc1NCC1CCCOC1. The molecule has 1 aliphatic rings. The molecule has 1 aliphatic heterocycles. The third kappa shape index (κ3) is 2.85. The van der Waals surface area contributed by atoms with E-state index in [1.54, 1.807) is 13.3 Å². The molecule has 0 radical (unpaired) electrons. The largest absolute Gasteiger partial charge is 0.493 e. The molecule has 1 N–H and O–H groups in total. The van der Waals surface area contributed by atoms with Gasteiger partial charge in [0.2, 0.25) is 0 Å². The Morgan fingerprint density at radius 3 is 3.31 bits per heavy atom. The van der Waals surface area contributed by atoms with Gasteiger partial charge in [-0.05, 0) is 30.9 Å². The number of anilines is 1. The lowest BCUT2D eigenvalue weighted by Gasteiger charge is -2.22. The van der Waals surface area contributed by atoms with Gasteiger partial charge in [0.1, 0.15) is 0 Å². The van der Waals surface area contributed by atoms with E-state index in [-0.39, 0.29) is 0 Å². The zero-order chi connectivity index (χ0) is 11.2. The second-order valence-electron chi connectivity index (χ2n) is 4.02. The van der Waals surface area contributed by atoms with Gasteiger partial charge in [0.05, 0.1) is 13.7 Å². The van der Waals surface area contributed by atoms with Crippen LogP contribution in [0.15, 0.2) is 18.3 Å². The number of methoxy groups -OCH3 is 1. The first-order chi connectivity index (χ1) is 7.90. The topological polar surface area (TPSA) is 43.4 Å². The van der Waals surface area contributed by atoms with Crippen LogP contribution >= 0.6 is 0 Å². The molecule has 4 nitrogen and oxygen atoms in total. The standard InChI is InChI=1S/C12H18N2O2/c1-15-11-5-2-6-13-12(11)14-8-10-4-3-7-16-9-10/h2,5-6,10H,3-4,7-9H2,1H3,(H,13,14). The molecule has 88 valence electrons. The smallest absolute Gasteiger partial charge is 0.168 e. The molecule has 2 rings (SSSR count). The van der Waals surface area contributed by atoms with Crippen LogP contribution in [0.3, 0.4) is 0 Å². The number of pyridine rings is 1. The van der Waals surface area contributed by atoms with Crippen molar-refractivity contribution in [3.8, 4) is 5.75 Å². The quantitative estimate of drug-likeness (QED) is 0.845. The number of ether oxygens (including phenoxy) is 2. The fraction of sp³-hybridized carbons (Fsp3) is 0.583. The Hall–Kier alpha value is -1.29. The van der Waals surface area contributed by atoms with Crippen molar-refractivity contribution in [1.29, 1.82) is 0 Å². The van der Waals surface area contributed by atoms with Gasteiger partial charge in [-0.1, -0.05) is 0 Å². The van der Waals surface area contributed by atoms with Crippen LogP contribution in [0.1, 0.15) is 12.8 Å². The molecule has 1 fully saturated rings. The van der Waals surface area contributed by atoms with Gasteiger partial charge >= 0.3 is 0 Å². The average Bonchev–Trinajstić information content (AvgIpc) is 2.38. The highest BCUT2D eigenvalue weighted by molar-refractivity contribution is 5.49. The second-order valence-corrected chi connectivity index (χ2v) is 4.02. The Morgan fingerprint density at radius 1 is 1.62 bits per heavy atom. The van der Waals surface area contributed by atoms with Crippen LogP contribution in [-0.2, 0) is 4.74 Å². The maximum absolute atomic E-state index is 5.44. The van der Waals surface area contributed by atoms with Gasteiger partial charge in [0.15, 0.2) is 11.6 Å². The molecule has 1 saturated heterocycles. The first kappa shape index (κ1) is 11.2. The molecule has 0 saturated carbocycles. The van der Waals surface area contributed by atoms with Crippen molar-refractivity contribution < 1.29 is 9.47 Å². The van der Waals surface area contributed by atoms with E-state index >= 15 is 0 Å². The van der Waals surface area contributed by atoms with E-state index in [0.29, 0.717) is 5.92 Å². The third-order valence-corrected chi connectivity index (χ3v) is 2.80. The summed E-state index contributed by atoms with van der Waals surface area (Å²) in [5, 5.41) is 3.32. The molecule has 0 amide bonds. The summed E-state index contributed by atoms with van der Waals surface area (Å²) in [6.45, 7) is 2.65. The van der Waals surface area contributed by atoms with Gasteiger partial charge in [-0.25, -0.2) is 4.98 Å². The van der Waals surface area contributed by atoms with Gasteiger partial charge in [-0.3, -0.25) is 0 Å².